The van der Waals surface area contributed by atoms with Gasteiger partial charge in [-0.05, 0) is 48.0 Å². The predicted octanol–water partition coefficient (Wildman–Crippen LogP) is 4.26. The first-order valence-electron chi connectivity index (χ1n) is 6.10. The summed E-state index contributed by atoms with van der Waals surface area (Å²) in [5.41, 5.74) is 1.82. The molecule has 0 aliphatic heterocycles. The summed E-state index contributed by atoms with van der Waals surface area (Å²) in [6.07, 6.45) is 0. The molecule has 3 nitrogen and oxygen atoms in total. The maximum absolute atomic E-state index is 9.63. The van der Waals surface area contributed by atoms with E-state index in [-0.39, 0.29) is 12.6 Å². The van der Waals surface area contributed by atoms with Crippen molar-refractivity contribution in [2.75, 3.05) is 19.0 Å². The molecule has 0 heterocycles. The van der Waals surface area contributed by atoms with Crippen molar-refractivity contribution in [2.24, 2.45) is 0 Å². The van der Waals surface area contributed by atoms with Crippen molar-refractivity contribution in [3.63, 3.8) is 0 Å². The second-order valence-corrected chi connectivity index (χ2v) is 5.56. The van der Waals surface area contributed by atoms with Gasteiger partial charge in [0.1, 0.15) is 5.75 Å². The molecule has 0 fully saturated rings. The van der Waals surface area contributed by atoms with E-state index in [1.807, 2.05) is 30.3 Å². The van der Waals surface area contributed by atoms with Gasteiger partial charge in [0.05, 0.1) is 19.8 Å². The van der Waals surface area contributed by atoms with E-state index in [0.29, 0.717) is 5.02 Å². The van der Waals surface area contributed by atoms with Crippen LogP contribution in [0.5, 0.6) is 5.75 Å². The summed E-state index contributed by atoms with van der Waals surface area (Å²) in [6.45, 7) is -0.0333. The summed E-state index contributed by atoms with van der Waals surface area (Å²) < 4.78 is 6.14. The number of anilines is 1. The topological polar surface area (TPSA) is 41.5 Å². The Bertz CT molecular complexity index is 575. The summed E-state index contributed by atoms with van der Waals surface area (Å²) in [5, 5.41) is 13.6. The van der Waals surface area contributed by atoms with E-state index in [1.54, 1.807) is 19.2 Å². The Balaban J connectivity index is 2.25. The summed E-state index contributed by atoms with van der Waals surface area (Å²) in [4.78, 5) is 0. The van der Waals surface area contributed by atoms with Crippen LogP contribution in [0.15, 0.2) is 46.9 Å². The number of halogens is 2. The van der Waals surface area contributed by atoms with Crippen molar-refractivity contribution in [1.29, 1.82) is 0 Å². The van der Waals surface area contributed by atoms with Crippen molar-refractivity contribution in [1.82, 2.24) is 0 Å². The largest absolute Gasteiger partial charge is 0.497 e. The fraction of sp³-hybridized carbons (Fsp3) is 0.200. The van der Waals surface area contributed by atoms with Crippen LogP contribution in [0.2, 0.25) is 5.02 Å². The summed E-state index contributed by atoms with van der Waals surface area (Å²) in [6, 6.07) is 12.8. The van der Waals surface area contributed by atoms with Crippen LogP contribution >= 0.6 is 27.5 Å². The molecule has 1 unspecified atom stereocenters. The van der Waals surface area contributed by atoms with Crippen molar-refractivity contribution < 1.29 is 9.84 Å². The number of rotatable bonds is 5. The van der Waals surface area contributed by atoms with Crippen LogP contribution in [0.25, 0.3) is 0 Å². The Morgan fingerprint density at radius 3 is 2.55 bits per heavy atom. The van der Waals surface area contributed by atoms with Gasteiger partial charge in [0.2, 0.25) is 0 Å². The highest BCUT2D eigenvalue weighted by Gasteiger charge is 2.14. The van der Waals surface area contributed by atoms with Crippen LogP contribution in [0.1, 0.15) is 11.6 Å². The van der Waals surface area contributed by atoms with Crippen LogP contribution in [-0.4, -0.2) is 18.8 Å². The monoisotopic (exact) mass is 355 g/mol. The van der Waals surface area contributed by atoms with Crippen LogP contribution in [-0.2, 0) is 0 Å². The van der Waals surface area contributed by atoms with Crippen LogP contribution in [0.4, 0.5) is 5.69 Å². The summed E-state index contributed by atoms with van der Waals surface area (Å²) in [7, 11) is 1.62. The van der Waals surface area contributed by atoms with Crippen molar-refractivity contribution in [3.8, 4) is 5.75 Å². The molecule has 0 amide bonds. The van der Waals surface area contributed by atoms with Gasteiger partial charge in [-0.2, -0.15) is 0 Å². The van der Waals surface area contributed by atoms with Gasteiger partial charge in [-0.1, -0.05) is 27.5 Å². The zero-order valence-electron chi connectivity index (χ0n) is 10.9. The van der Waals surface area contributed by atoms with Gasteiger partial charge in [0.25, 0.3) is 0 Å². The SMILES string of the molecule is COc1ccc(Br)c(C(CO)Nc2ccc(Cl)cc2)c1. The third-order valence-electron chi connectivity index (χ3n) is 2.95. The fourth-order valence-electron chi connectivity index (χ4n) is 1.88. The molecule has 0 saturated carbocycles. The fourth-order valence-corrected chi connectivity index (χ4v) is 2.53. The molecule has 0 bridgehead atoms. The molecule has 0 saturated heterocycles. The Hall–Kier alpha value is -1.23. The molecule has 106 valence electrons. The van der Waals surface area contributed by atoms with E-state index in [0.717, 1.165) is 21.5 Å². The normalized spacial score (nSPS) is 12.0. The molecule has 20 heavy (non-hydrogen) atoms. The Morgan fingerprint density at radius 2 is 1.95 bits per heavy atom. The minimum Gasteiger partial charge on any atom is -0.497 e. The highest BCUT2D eigenvalue weighted by atomic mass is 79.9. The third-order valence-corrected chi connectivity index (χ3v) is 3.92. The Morgan fingerprint density at radius 1 is 1.25 bits per heavy atom. The lowest BCUT2D eigenvalue weighted by atomic mass is 10.1. The van der Waals surface area contributed by atoms with Gasteiger partial charge in [0, 0.05) is 15.2 Å². The summed E-state index contributed by atoms with van der Waals surface area (Å²) in [5.74, 6) is 0.750. The highest BCUT2D eigenvalue weighted by Crippen LogP contribution is 2.30. The number of ether oxygens (including phenoxy) is 1. The lowest BCUT2D eigenvalue weighted by Crippen LogP contribution is -2.15. The number of hydrogen-bond donors (Lipinski definition) is 2. The van der Waals surface area contributed by atoms with Crippen LogP contribution in [0.3, 0.4) is 0 Å². The number of nitrogens with one attached hydrogen (secondary N) is 1. The van der Waals surface area contributed by atoms with Crippen LogP contribution in [0, 0.1) is 0 Å². The summed E-state index contributed by atoms with van der Waals surface area (Å²) >= 11 is 9.36. The number of benzene rings is 2. The zero-order chi connectivity index (χ0) is 14.5. The Kier molecular flexibility index (Phi) is 5.29. The van der Waals surface area contributed by atoms with E-state index in [4.69, 9.17) is 16.3 Å². The minimum absolute atomic E-state index is 0.0333. The van der Waals surface area contributed by atoms with Gasteiger partial charge >= 0.3 is 0 Å². The third kappa shape index (κ3) is 3.66. The van der Waals surface area contributed by atoms with Crippen molar-refractivity contribution in [3.05, 3.63) is 57.5 Å². The second-order valence-electron chi connectivity index (χ2n) is 4.27. The number of aliphatic hydroxyl groups excluding tert-OH is 1. The number of hydrogen-bond acceptors (Lipinski definition) is 3. The lowest BCUT2D eigenvalue weighted by molar-refractivity contribution is 0.275. The molecule has 2 aromatic rings. The molecule has 0 aliphatic carbocycles. The number of aliphatic hydroxyl groups is 1. The molecule has 1 atom stereocenters. The van der Waals surface area contributed by atoms with Crippen molar-refractivity contribution >= 4 is 33.2 Å². The second kappa shape index (κ2) is 6.97. The maximum atomic E-state index is 9.63. The van der Waals surface area contributed by atoms with Gasteiger partial charge in [-0.3, -0.25) is 0 Å². The molecule has 0 aromatic heterocycles. The standard InChI is InChI=1S/C15H15BrClNO2/c1-20-12-6-7-14(16)13(8-12)15(9-19)18-11-4-2-10(17)3-5-11/h2-8,15,18-19H,9H2,1H3. The minimum atomic E-state index is -0.236. The molecule has 0 radical (unpaired) electrons. The highest BCUT2D eigenvalue weighted by molar-refractivity contribution is 9.10. The molecule has 2 rings (SSSR count). The first kappa shape index (κ1) is 15.2. The molecule has 2 aromatic carbocycles. The lowest BCUT2D eigenvalue weighted by Gasteiger charge is -2.20. The van der Waals surface area contributed by atoms with Gasteiger partial charge in [-0.25, -0.2) is 0 Å². The molecular formula is C15H15BrClNO2. The first-order valence-corrected chi connectivity index (χ1v) is 7.27. The number of methoxy groups -OCH3 is 1. The quantitative estimate of drug-likeness (QED) is 0.841. The Labute approximate surface area is 131 Å². The van der Waals surface area contributed by atoms with E-state index >= 15 is 0 Å². The van der Waals surface area contributed by atoms with Gasteiger partial charge < -0.3 is 15.2 Å². The molecule has 0 aliphatic rings. The van der Waals surface area contributed by atoms with Crippen LogP contribution < -0.4 is 10.1 Å². The molecule has 2 N–H and O–H groups in total. The molecule has 0 spiro atoms. The van der Waals surface area contributed by atoms with E-state index in [1.165, 1.54) is 0 Å². The average Bonchev–Trinajstić information content (AvgIpc) is 2.47. The predicted molar refractivity (Wildman–Crippen MR) is 85.6 cm³/mol. The zero-order valence-corrected chi connectivity index (χ0v) is 13.3. The molecule has 5 heteroatoms. The maximum Gasteiger partial charge on any atom is 0.119 e. The van der Waals surface area contributed by atoms with Crippen molar-refractivity contribution in [2.45, 2.75) is 6.04 Å². The van der Waals surface area contributed by atoms with Gasteiger partial charge in [0.15, 0.2) is 0 Å². The van der Waals surface area contributed by atoms with E-state index in [9.17, 15) is 5.11 Å². The molecular weight excluding hydrogens is 342 g/mol. The van der Waals surface area contributed by atoms with E-state index < -0.39 is 0 Å². The van der Waals surface area contributed by atoms with Gasteiger partial charge in [-0.15, -0.1) is 0 Å². The van der Waals surface area contributed by atoms with E-state index in [2.05, 4.69) is 21.2 Å². The average molecular weight is 357 g/mol. The first-order chi connectivity index (χ1) is 9.63. The smallest absolute Gasteiger partial charge is 0.119 e.